The van der Waals surface area contributed by atoms with Gasteiger partial charge < -0.3 is 10.1 Å². The van der Waals surface area contributed by atoms with E-state index in [1.807, 2.05) is 30.3 Å². The van der Waals surface area contributed by atoms with Crippen molar-refractivity contribution in [3.05, 3.63) is 35.9 Å². The number of benzene rings is 1. The first-order valence-electron chi connectivity index (χ1n) is 7.31. The molecule has 1 aromatic carbocycles. The van der Waals surface area contributed by atoms with Gasteiger partial charge in [0, 0.05) is 13.7 Å². The molecule has 118 valence electrons. The van der Waals surface area contributed by atoms with E-state index in [0.29, 0.717) is 19.6 Å². The first-order chi connectivity index (χ1) is 10.1. The van der Waals surface area contributed by atoms with E-state index in [9.17, 15) is 8.42 Å². The summed E-state index contributed by atoms with van der Waals surface area (Å²) in [5.74, 6) is 0.111. The van der Waals surface area contributed by atoms with Crippen LogP contribution in [0.25, 0.3) is 0 Å². The fourth-order valence-corrected chi connectivity index (χ4v) is 3.83. The SMILES string of the molecule is COCC1(CNS(=O)(=O)CCc2ccccc2)CCCN1. The highest BCUT2D eigenvalue weighted by molar-refractivity contribution is 7.89. The van der Waals surface area contributed by atoms with Crippen molar-refractivity contribution >= 4 is 10.0 Å². The van der Waals surface area contributed by atoms with Crippen molar-refractivity contribution in [2.45, 2.75) is 24.8 Å². The van der Waals surface area contributed by atoms with Crippen LogP contribution in [-0.4, -0.2) is 46.5 Å². The first-order valence-corrected chi connectivity index (χ1v) is 8.96. The second-order valence-electron chi connectivity index (χ2n) is 5.62. The minimum absolute atomic E-state index is 0.111. The Morgan fingerprint density at radius 1 is 1.33 bits per heavy atom. The highest BCUT2D eigenvalue weighted by atomic mass is 32.2. The molecule has 1 saturated heterocycles. The molecule has 1 atom stereocenters. The van der Waals surface area contributed by atoms with Gasteiger partial charge in [-0.3, -0.25) is 0 Å². The van der Waals surface area contributed by atoms with Crippen molar-refractivity contribution in [2.24, 2.45) is 0 Å². The van der Waals surface area contributed by atoms with Crippen LogP contribution in [0.3, 0.4) is 0 Å². The summed E-state index contributed by atoms with van der Waals surface area (Å²) < 4.78 is 32.2. The van der Waals surface area contributed by atoms with Gasteiger partial charge in [-0.25, -0.2) is 13.1 Å². The van der Waals surface area contributed by atoms with Crippen LogP contribution in [-0.2, 0) is 21.2 Å². The Kier molecular flexibility index (Phi) is 5.75. The van der Waals surface area contributed by atoms with Gasteiger partial charge in [0.2, 0.25) is 10.0 Å². The van der Waals surface area contributed by atoms with Crippen molar-refractivity contribution in [1.29, 1.82) is 0 Å². The van der Waals surface area contributed by atoms with E-state index in [1.54, 1.807) is 7.11 Å². The molecule has 0 amide bonds. The molecule has 1 aromatic rings. The Balaban J connectivity index is 1.86. The Morgan fingerprint density at radius 3 is 2.71 bits per heavy atom. The predicted molar refractivity (Wildman–Crippen MR) is 83.8 cm³/mol. The van der Waals surface area contributed by atoms with Crippen LogP contribution in [0.15, 0.2) is 30.3 Å². The molecule has 0 bridgehead atoms. The predicted octanol–water partition coefficient (Wildman–Crippen LogP) is 0.917. The van der Waals surface area contributed by atoms with E-state index in [4.69, 9.17) is 4.74 Å². The third-order valence-electron chi connectivity index (χ3n) is 3.89. The summed E-state index contributed by atoms with van der Waals surface area (Å²) in [6.07, 6.45) is 2.51. The van der Waals surface area contributed by atoms with Gasteiger partial charge >= 0.3 is 0 Å². The normalized spacial score (nSPS) is 22.5. The lowest BCUT2D eigenvalue weighted by molar-refractivity contribution is 0.122. The molecule has 21 heavy (non-hydrogen) atoms. The lowest BCUT2D eigenvalue weighted by Gasteiger charge is -2.28. The molecule has 1 heterocycles. The molecule has 1 unspecified atom stereocenters. The van der Waals surface area contributed by atoms with Crippen LogP contribution < -0.4 is 10.0 Å². The Morgan fingerprint density at radius 2 is 2.10 bits per heavy atom. The van der Waals surface area contributed by atoms with Crippen LogP contribution in [0, 0.1) is 0 Å². The van der Waals surface area contributed by atoms with Crippen molar-refractivity contribution in [1.82, 2.24) is 10.0 Å². The standard InChI is InChI=1S/C15H24N2O3S/c1-20-13-15(9-5-10-16-15)12-17-21(18,19)11-8-14-6-3-2-4-7-14/h2-4,6-7,16-17H,5,8-13H2,1H3. The van der Waals surface area contributed by atoms with Crippen molar-refractivity contribution in [3.8, 4) is 0 Å². The second-order valence-corrected chi connectivity index (χ2v) is 7.55. The van der Waals surface area contributed by atoms with E-state index >= 15 is 0 Å². The molecular weight excluding hydrogens is 288 g/mol. The van der Waals surface area contributed by atoms with Crippen LogP contribution in [0.5, 0.6) is 0 Å². The minimum Gasteiger partial charge on any atom is -0.383 e. The van der Waals surface area contributed by atoms with E-state index in [2.05, 4.69) is 10.0 Å². The number of hydrogen-bond acceptors (Lipinski definition) is 4. The van der Waals surface area contributed by atoms with E-state index in [1.165, 1.54) is 0 Å². The maximum atomic E-state index is 12.1. The maximum Gasteiger partial charge on any atom is 0.211 e. The summed E-state index contributed by atoms with van der Waals surface area (Å²) in [7, 11) is -1.62. The van der Waals surface area contributed by atoms with Gasteiger partial charge in [-0.15, -0.1) is 0 Å². The summed E-state index contributed by atoms with van der Waals surface area (Å²) in [4.78, 5) is 0. The highest BCUT2D eigenvalue weighted by Crippen LogP contribution is 2.19. The fraction of sp³-hybridized carbons (Fsp3) is 0.600. The van der Waals surface area contributed by atoms with E-state index in [0.717, 1.165) is 24.9 Å². The van der Waals surface area contributed by atoms with Crippen molar-refractivity contribution in [3.63, 3.8) is 0 Å². The number of hydrogen-bond donors (Lipinski definition) is 2. The van der Waals surface area contributed by atoms with Gasteiger partial charge in [0.25, 0.3) is 0 Å². The molecule has 1 aliphatic rings. The first kappa shape index (κ1) is 16.4. The van der Waals surface area contributed by atoms with Gasteiger partial charge in [-0.2, -0.15) is 0 Å². The maximum absolute atomic E-state index is 12.1. The van der Waals surface area contributed by atoms with Gasteiger partial charge in [-0.1, -0.05) is 30.3 Å². The van der Waals surface area contributed by atoms with Gasteiger partial charge in [0.15, 0.2) is 0 Å². The third-order valence-corrected chi connectivity index (χ3v) is 5.21. The van der Waals surface area contributed by atoms with Gasteiger partial charge in [-0.05, 0) is 31.4 Å². The van der Waals surface area contributed by atoms with Crippen LogP contribution in [0.4, 0.5) is 0 Å². The summed E-state index contributed by atoms with van der Waals surface area (Å²) in [6.45, 7) is 1.82. The Bertz CT molecular complexity index is 525. The molecule has 0 spiro atoms. The largest absolute Gasteiger partial charge is 0.383 e. The molecule has 0 aliphatic carbocycles. The van der Waals surface area contributed by atoms with Crippen molar-refractivity contribution in [2.75, 3.05) is 32.6 Å². The second kappa shape index (κ2) is 7.35. The van der Waals surface area contributed by atoms with E-state index in [-0.39, 0.29) is 11.3 Å². The number of sulfonamides is 1. The zero-order chi connectivity index (χ0) is 15.2. The Hall–Kier alpha value is -0.950. The molecule has 5 nitrogen and oxygen atoms in total. The smallest absolute Gasteiger partial charge is 0.211 e. The highest BCUT2D eigenvalue weighted by Gasteiger charge is 2.34. The van der Waals surface area contributed by atoms with E-state index < -0.39 is 10.0 Å². The lowest BCUT2D eigenvalue weighted by Crippen LogP contribution is -2.53. The van der Waals surface area contributed by atoms with Crippen LogP contribution in [0.1, 0.15) is 18.4 Å². The minimum atomic E-state index is -3.27. The van der Waals surface area contributed by atoms with Gasteiger partial charge in [0.05, 0.1) is 17.9 Å². The number of methoxy groups -OCH3 is 1. The number of aryl methyl sites for hydroxylation is 1. The zero-order valence-electron chi connectivity index (χ0n) is 12.5. The molecule has 0 aromatic heterocycles. The van der Waals surface area contributed by atoms with Crippen LogP contribution >= 0.6 is 0 Å². The summed E-state index contributed by atoms with van der Waals surface area (Å²) in [6, 6.07) is 9.66. The summed E-state index contributed by atoms with van der Waals surface area (Å²) in [5.41, 5.74) is 0.780. The van der Waals surface area contributed by atoms with Gasteiger partial charge in [0.1, 0.15) is 0 Å². The molecular formula is C15H24N2O3S. The number of rotatable bonds is 8. The fourth-order valence-electron chi connectivity index (χ4n) is 2.69. The topological polar surface area (TPSA) is 67.4 Å². The quantitative estimate of drug-likeness (QED) is 0.749. The Labute approximate surface area is 127 Å². The summed E-state index contributed by atoms with van der Waals surface area (Å²) in [5, 5.41) is 3.37. The molecule has 2 rings (SSSR count). The molecule has 1 aliphatic heterocycles. The average molecular weight is 312 g/mol. The molecule has 2 N–H and O–H groups in total. The third kappa shape index (κ3) is 5.07. The number of ether oxygens (including phenoxy) is 1. The molecule has 1 fully saturated rings. The van der Waals surface area contributed by atoms with Crippen LogP contribution in [0.2, 0.25) is 0 Å². The molecule has 0 saturated carbocycles. The summed E-state index contributed by atoms with van der Waals surface area (Å²) >= 11 is 0. The zero-order valence-corrected chi connectivity index (χ0v) is 13.3. The number of nitrogens with one attached hydrogen (secondary N) is 2. The van der Waals surface area contributed by atoms with Crippen molar-refractivity contribution < 1.29 is 13.2 Å². The lowest BCUT2D eigenvalue weighted by atomic mass is 9.99. The average Bonchev–Trinajstić information content (AvgIpc) is 2.94. The molecule has 6 heteroatoms. The monoisotopic (exact) mass is 312 g/mol. The molecule has 0 radical (unpaired) electrons.